The SMILES string of the molecule is CNCc1cncc(N(C)C(C)COC)n1. The summed E-state index contributed by atoms with van der Waals surface area (Å²) in [6.07, 6.45) is 3.54. The van der Waals surface area contributed by atoms with E-state index in [-0.39, 0.29) is 6.04 Å². The van der Waals surface area contributed by atoms with Crippen LogP contribution in [0.1, 0.15) is 12.6 Å². The van der Waals surface area contributed by atoms with E-state index in [0.717, 1.165) is 18.1 Å². The lowest BCUT2D eigenvalue weighted by atomic mass is 10.3. The average Bonchev–Trinajstić information content (AvgIpc) is 2.29. The van der Waals surface area contributed by atoms with Crippen LogP contribution in [-0.4, -0.2) is 43.8 Å². The van der Waals surface area contributed by atoms with Crippen molar-refractivity contribution in [1.29, 1.82) is 0 Å². The molecule has 0 amide bonds. The molecule has 0 aliphatic carbocycles. The first-order valence-electron chi connectivity index (χ1n) is 5.36. The van der Waals surface area contributed by atoms with Crippen LogP contribution in [0.4, 0.5) is 5.82 Å². The maximum Gasteiger partial charge on any atom is 0.147 e. The smallest absolute Gasteiger partial charge is 0.147 e. The number of aromatic nitrogens is 2. The zero-order valence-electron chi connectivity index (χ0n) is 10.4. The van der Waals surface area contributed by atoms with E-state index in [9.17, 15) is 0 Å². The summed E-state index contributed by atoms with van der Waals surface area (Å²) in [6, 6.07) is 0.282. The highest BCUT2D eigenvalue weighted by molar-refractivity contribution is 5.36. The van der Waals surface area contributed by atoms with E-state index >= 15 is 0 Å². The number of ether oxygens (including phenoxy) is 1. The molecule has 5 heteroatoms. The fourth-order valence-corrected chi connectivity index (χ4v) is 1.41. The summed E-state index contributed by atoms with van der Waals surface area (Å²) in [5.41, 5.74) is 0.941. The van der Waals surface area contributed by atoms with Crippen molar-refractivity contribution in [3.8, 4) is 0 Å². The van der Waals surface area contributed by atoms with Crippen LogP contribution in [0.2, 0.25) is 0 Å². The molecule has 0 aliphatic heterocycles. The van der Waals surface area contributed by atoms with Crippen molar-refractivity contribution in [2.24, 2.45) is 0 Å². The lowest BCUT2D eigenvalue weighted by Crippen LogP contribution is -2.33. The van der Waals surface area contributed by atoms with Gasteiger partial charge in [-0.25, -0.2) is 4.98 Å². The highest BCUT2D eigenvalue weighted by Crippen LogP contribution is 2.11. The normalized spacial score (nSPS) is 12.5. The van der Waals surface area contributed by atoms with Crippen LogP contribution in [0.3, 0.4) is 0 Å². The molecule has 0 saturated carbocycles. The van der Waals surface area contributed by atoms with Crippen LogP contribution in [0, 0.1) is 0 Å². The Hall–Kier alpha value is -1.20. The lowest BCUT2D eigenvalue weighted by Gasteiger charge is -2.25. The topological polar surface area (TPSA) is 50.3 Å². The number of rotatable bonds is 6. The second kappa shape index (κ2) is 6.40. The molecule has 1 aromatic heterocycles. The van der Waals surface area contributed by atoms with Gasteiger partial charge in [-0.1, -0.05) is 0 Å². The van der Waals surface area contributed by atoms with E-state index in [4.69, 9.17) is 4.74 Å². The molecule has 0 aromatic carbocycles. The zero-order valence-corrected chi connectivity index (χ0v) is 10.4. The Morgan fingerprint density at radius 2 is 2.25 bits per heavy atom. The first-order chi connectivity index (χ1) is 7.69. The Labute approximate surface area is 96.8 Å². The molecular weight excluding hydrogens is 204 g/mol. The van der Waals surface area contributed by atoms with Crippen molar-refractivity contribution in [2.75, 3.05) is 32.7 Å². The highest BCUT2D eigenvalue weighted by Gasteiger charge is 2.11. The minimum absolute atomic E-state index is 0.282. The molecular formula is C11H20N4O. The number of anilines is 1. The van der Waals surface area contributed by atoms with Gasteiger partial charge >= 0.3 is 0 Å². The van der Waals surface area contributed by atoms with Gasteiger partial charge in [-0.3, -0.25) is 4.98 Å². The summed E-state index contributed by atoms with van der Waals surface area (Å²) >= 11 is 0. The number of hydrogen-bond acceptors (Lipinski definition) is 5. The van der Waals surface area contributed by atoms with E-state index in [1.165, 1.54) is 0 Å². The molecule has 1 rings (SSSR count). The second-order valence-electron chi connectivity index (χ2n) is 3.81. The first-order valence-corrected chi connectivity index (χ1v) is 5.36. The van der Waals surface area contributed by atoms with Crippen molar-refractivity contribution in [3.63, 3.8) is 0 Å². The van der Waals surface area contributed by atoms with Crippen LogP contribution in [0.25, 0.3) is 0 Å². The Bertz CT molecular complexity index is 319. The molecule has 1 unspecified atom stereocenters. The summed E-state index contributed by atoms with van der Waals surface area (Å²) in [5.74, 6) is 0.873. The number of nitrogens with one attached hydrogen (secondary N) is 1. The van der Waals surface area contributed by atoms with Crippen LogP contribution >= 0.6 is 0 Å². The molecule has 0 radical (unpaired) electrons. The van der Waals surface area contributed by atoms with E-state index in [2.05, 4.69) is 27.1 Å². The average molecular weight is 224 g/mol. The standard InChI is InChI=1S/C11H20N4O/c1-9(8-16-4)15(3)11-7-13-6-10(14-11)5-12-2/h6-7,9,12H,5,8H2,1-4H3. The first kappa shape index (κ1) is 12.9. The molecule has 0 saturated heterocycles. The predicted octanol–water partition coefficient (Wildman–Crippen LogP) is 0.667. The van der Waals surface area contributed by atoms with Crippen LogP contribution in [-0.2, 0) is 11.3 Å². The maximum absolute atomic E-state index is 5.12. The van der Waals surface area contributed by atoms with E-state index in [1.807, 2.05) is 14.1 Å². The van der Waals surface area contributed by atoms with Crippen molar-refractivity contribution in [2.45, 2.75) is 19.5 Å². The monoisotopic (exact) mass is 224 g/mol. The predicted molar refractivity (Wildman–Crippen MR) is 64.5 cm³/mol. The molecule has 16 heavy (non-hydrogen) atoms. The van der Waals surface area contributed by atoms with Gasteiger partial charge in [-0.15, -0.1) is 0 Å². The maximum atomic E-state index is 5.12. The number of hydrogen-bond donors (Lipinski definition) is 1. The number of likely N-dealkylation sites (N-methyl/N-ethyl adjacent to an activating group) is 1. The lowest BCUT2D eigenvalue weighted by molar-refractivity contribution is 0.183. The molecule has 1 atom stereocenters. The summed E-state index contributed by atoms with van der Waals surface area (Å²) < 4.78 is 5.12. The summed E-state index contributed by atoms with van der Waals surface area (Å²) in [6.45, 7) is 3.50. The largest absolute Gasteiger partial charge is 0.383 e. The van der Waals surface area contributed by atoms with Gasteiger partial charge < -0.3 is 15.0 Å². The summed E-state index contributed by atoms with van der Waals surface area (Å²) in [5, 5.41) is 3.06. The third-order valence-corrected chi connectivity index (χ3v) is 2.46. The van der Waals surface area contributed by atoms with Crippen LogP contribution in [0.5, 0.6) is 0 Å². The minimum Gasteiger partial charge on any atom is -0.383 e. The molecule has 0 fully saturated rings. The Kier molecular flexibility index (Phi) is 5.14. The molecule has 90 valence electrons. The molecule has 1 heterocycles. The Balaban J connectivity index is 2.74. The third kappa shape index (κ3) is 3.43. The van der Waals surface area contributed by atoms with Gasteiger partial charge in [0.25, 0.3) is 0 Å². The van der Waals surface area contributed by atoms with Crippen molar-refractivity contribution >= 4 is 5.82 Å². The van der Waals surface area contributed by atoms with Gasteiger partial charge in [-0.05, 0) is 14.0 Å². The van der Waals surface area contributed by atoms with E-state index in [0.29, 0.717) is 6.61 Å². The van der Waals surface area contributed by atoms with Gasteiger partial charge in [-0.2, -0.15) is 0 Å². The van der Waals surface area contributed by atoms with Gasteiger partial charge in [0.2, 0.25) is 0 Å². The number of nitrogens with zero attached hydrogens (tertiary/aromatic N) is 3. The fourth-order valence-electron chi connectivity index (χ4n) is 1.41. The molecule has 5 nitrogen and oxygen atoms in total. The van der Waals surface area contributed by atoms with Crippen molar-refractivity contribution in [1.82, 2.24) is 15.3 Å². The van der Waals surface area contributed by atoms with E-state index < -0.39 is 0 Å². The summed E-state index contributed by atoms with van der Waals surface area (Å²) in [7, 11) is 5.59. The fraction of sp³-hybridized carbons (Fsp3) is 0.636. The molecule has 0 spiro atoms. The zero-order chi connectivity index (χ0) is 12.0. The van der Waals surface area contributed by atoms with Crippen LogP contribution < -0.4 is 10.2 Å². The van der Waals surface area contributed by atoms with E-state index in [1.54, 1.807) is 19.5 Å². The van der Waals surface area contributed by atoms with Crippen LogP contribution in [0.15, 0.2) is 12.4 Å². The highest BCUT2D eigenvalue weighted by atomic mass is 16.5. The van der Waals surface area contributed by atoms with Gasteiger partial charge in [0, 0.05) is 26.9 Å². The number of methoxy groups -OCH3 is 1. The van der Waals surface area contributed by atoms with Crippen molar-refractivity contribution in [3.05, 3.63) is 18.1 Å². The molecule has 1 N–H and O–H groups in total. The quantitative estimate of drug-likeness (QED) is 0.769. The van der Waals surface area contributed by atoms with Crippen molar-refractivity contribution < 1.29 is 4.74 Å². The van der Waals surface area contributed by atoms with Gasteiger partial charge in [0.15, 0.2) is 0 Å². The molecule has 1 aromatic rings. The Morgan fingerprint density at radius 3 is 2.88 bits per heavy atom. The minimum atomic E-state index is 0.282. The second-order valence-corrected chi connectivity index (χ2v) is 3.81. The molecule has 0 aliphatic rings. The summed E-state index contributed by atoms with van der Waals surface area (Å²) in [4.78, 5) is 10.8. The van der Waals surface area contributed by atoms with Gasteiger partial charge in [0.1, 0.15) is 5.82 Å². The van der Waals surface area contributed by atoms with Gasteiger partial charge in [0.05, 0.1) is 24.5 Å². The third-order valence-electron chi connectivity index (χ3n) is 2.46. The molecule has 0 bridgehead atoms. The Morgan fingerprint density at radius 1 is 1.50 bits per heavy atom.